The van der Waals surface area contributed by atoms with Crippen molar-refractivity contribution in [2.24, 2.45) is 0 Å². The van der Waals surface area contributed by atoms with Gasteiger partial charge in [0.2, 0.25) is 0 Å². The van der Waals surface area contributed by atoms with Crippen molar-refractivity contribution in [1.29, 1.82) is 0 Å². The lowest BCUT2D eigenvalue weighted by Gasteiger charge is -2.08. The quantitative estimate of drug-likeness (QED) is 0.455. The van der Waals surface area contributed by atoms with Crippen LogP contribution in [0.15, 0.2) is 48.5 Å². The van der Waals surface area contributed by atoms with Gasteiger partial charge in [0.15, 0.2) is 0 Å². The number of nitrogens with one attached hydrogen (secondary N) is 2. The maximum absolute atomic E-state index is 11.8. The standard InChI is InChI=1S/C16H14N2O5/c1-23-16(22)10-6-8-11(9-7-10)17-14(20)15(21)18-12-4-2-3-5-13(12)19/h2-9,19H,1H3,(H,17,20)(H,18,21). The van der Waals surface area contributed by atoms with E-state index in [1.54, 1.807) is 12.1 Å². The van der Waals surface area contributed by atoms with Crippen molar-refractivity contribution in [3.63, 3.8) is 0 Å². The van der Waals surface area contributed by atoms with Crippen LogP contribution in [0.3, 0.4) is 0 Å². The number of para-hydroxylation sites is 2. The molecule has 7 nitrogen and oxygen atoms in total. The van der Waals surface area contributed by atoms with E-state index in [4.69, 9.17) is 0 Å². The summed E-state index contributed by atoms with van der Waals surface area (Å²) in [6.07, 6.45) is 0. The molecule has 2 aromatic rings. The SMILES string of the molecule is COC(=O)c1ccc(NC(=O)C(=O)Nc2ccccc2O)cc1. The molecule has 0 aliphatic heterocycles. The summed E-state index contributed by atoms with van der Waals surface area (Å²) in [5, 5.41) is 14.2. The zero-order chi connectivity index (χ0) is 16.8. The molecule has 0 aromatic heterocycles. The van der Waals surface area contributed by atoms with E-state index in [0.717, 1.165) is 0 Å². The van der Waals surface area contributed by atoms with Crippen molar-refractivity contribution in [1.82, 2.24) is 0 Å². The fourth-order valence-corrected chi connectivity index (χ4v) is 1.75. The predicted octanol–water partition coefficient (Wildman–Crippen LogP) is 1.76. The third-order valence-electron chi connectivity index (χ3n) is 2.92. The number of esters is 1. The topological polar surface area (TPSA) is 105 Å². The highest BCUT2D eigenvalue weighted by Gasteiger charge is 2.15. The first-order chi connectivity index (χ1) is 11.0. The van der Waals surface area contributed by atoms with E-state index in [-0.39, 0.29) is 11.4 Å². The number of carbonyl (C=O) groups is 3. The number of anilines is 2. The lowest BCUT2D eigenvalue weighted by Crippen LogP contribution is -2.29. The Morgan fingerprint density at radius 1 is 0.913 bits per heavy atom. The Hall–Kier alpha value is -3.35. The van der Waals surface area contributed by atoms with Crippen molar-refractivity contribution >= 4 is 29.2 Å². The number of aromatic hydroxyl groups is 1. The Morgan fingerprint density at radius 2 is 1.52 bits per heavy atom. The number of hydrogen-bond donors (Lipinski definition) is 3. The molecule has 0 radical (unpaired) electrons. The van der Waals surface area contributed by atoms with Crippen LogP contribution in [-0.2, 0) is 14.3 Å². The molecule has 23 heavy (non-hydrogen) atoms. The number of carbonyl (C=O) groups excluding carboxylic acids is 3. The summed E-state index contributed by atoms with van der Waals surface area (Å²) in [7, 11) is 1.27. The average molecular weight is 314 g/mol. The van der Waals surface area contributed by atoms with Gasteiger partial charge in [0.05, 0.1) is 18.4 Å². The third-order valence-corrected chi connectivity index (χ3v) is 2.92. The Balaban J connectivity index is 2.00. The molecule has 118 valence electrons. The second kappa shape index (κ2) is 7.08. The molecule has 2 amide bonds. The van der Waals surface area contributed by atoms with Crippen LogP contribution in [0.4, 0.5) is 11.4 Å². The first kappa shape index (κ1) is 16.0. The fraction of sp³-hybridized carbons (Fsp3) is 0.0625. The number of amides is 2. The van der Waals surface area contributed by atoms with Crippen LogP contribution in [0.5, 0.6) is 5.75 Å². The van der Waals surface area contributed by atoms with Crippen LogP contribution < -0.4 is 10.6 Å². The van der Waals surface area contributed by atoms with Gasteiger partial charge in [-0.3, -0.25) is 9.59 Å². The van der Waals surface area contributed by atoms with Crippen LogP contribution in [0, 0.1) is 0 Å². The van der Waals surface area contributed by atoms with Crippen molar-refractivity contribution < 1.29 is 24.2 Å². The zero-order valence-electron chi connectivity index (χ0n) is 12.2. The monoisotopic (exact) mass is 314 g/mol. The van der Waals surface area contributed by atoms with E-state index in [0.29, 0.717) is 11.3 Å². The largest absolute Gasteiger partial charge is 0.506 e. The highest BCUT2D eigenvalue weighted by molar-refractivity contribution is 6.43. The second-order valence-corrected chi connectivity index (χ2v) is 4.49. The number of rotatable bonds is 3. The summed E-state index contributed by atoms with van der Waals surface area (Å²) < 4.78 is 4.56. The van der Waals surface area contributed by atoms with Gasteiger partial charge in [-0.05, 0) is 36.4 Å². The minimum absolute atomic E-state index is 0.133. The molecular formula is C16H14N2O5. The van der Waals surface area contributed by atoms with Crippen LogP contribution in [0.25, 0.3) is 0 Å². The van der Waals surface area contributed by atoms with Gasteiger partial charge >= 0.3 is 17.8 Å². The second-order valence-electron chi connectivity index (χ2n) is 4.49. The lowest BCUT2D eigenvalue weighted by molar-refractivity contribution is -0.133. The van der Waals surface area contributed by atoms with E-state index in [2.05, 4.69) is 15.4 Å². The molecule has 0 aliphatic carbocycles. The van der Waals surface area contributed by atoms with Crippen LogP contribution >= 0.6 is 0 Å². The molecule has 0 spiro atoms. The van der Waals surface area contributed by atoms with Crippen molar-refractivity contribution in [3.8, 4) is 5.75 Å². The van der Waals surface area contributed by atoms with E-state index in [1.165, 1.54) is 43.5 Å². The summed E-state index contributed by atoms with van der Waals surface area (Å²) in [5.74, 6) is -2.47. The fourth-order valence-electron chi connectivity index (χ4n) is 1.75. The molecule has 0 fully saturated rings. The molecule has 0 aliphatic rings. The first-order valence-corrected chi connectivity index (χ1v) is 6.60. The number of ether oxygens (including phenoxy) is 1. The zero-order valence-corrected chi connectivity index (χ0v) is 12.2. The summed E-state index contributed by atoms with van der Waals surface area (Å²) in [6, 6.07) is 11.9. The van der Waals surface area contributed by atoms with Gasteiger partial charge in [-0.25, -0.2) is 4.79 Å². The van der Waals surface area contributed by atoms with E-state index >= 15 is 0 Å². The van der Waals surface area contributed by atoms with Crippen molar-refractivity contribution in [3.05, 3.63) is 54.1 Å². The molecule has 0 saturated carbocycles. The Kier molecular flexibility index (Phi) is 4.93. The van der Waals surface area contributed by atoms with E-state index in [9.17, 15) is 19.5 Å². The lowest BCUT2D eigenvalue weighted by atomic mass is 10.2. The van der Waals surface area contributed by atoms with E-state index < -0.39 is 17.8 Å². The molecule has 0 heterocycles. The predicted molar refractivity (Wildman–Crippen MR) is 83.1 cm³/mol. The van der Waals surface area contributed by atoms with E-state index in [1.807, 2.05) is 0 Å². The summed E-state index contributed by atoms with van der Waals surface area (Å²) in [5.41, 5.74) is 0.799. The normalized spacial score (nSPS) is 9.78. The van der Waals surface area contributed by atoms with Gasteiger partial charge in [-0.1, -0.05) is 12.1 Å². The van der Waals surface area contributed by atoms with Gasteiger partial charge in [0, 0.05) is 5.69 Å². The molecule has 2 rings (SSSR count). The van der Waals surface area contributed by atoms with Crippen molar-refractivity contribution in [2.75, 3.05) is 17.7 Å². The molecule has 2 aromatic carbocycles. The van der Waals surface area contributed by atoms with Gasteiger partial charge in [-0.2, -0.15) is 0 Å². The maximum Gasteiger partial charge on any atom is 0.337 e. The molecular weight excluding hydrogens is 300 g/mol. The van der Waals surface area contributed by atoms with Gasteiger partial charge in [0.25, 0.3) is 0 Å². The smallest absolute Gasteiger partial charge is 0.337 e. The average Bonchev–Trinajstić information content (AvgIpc) is 2.56. The van der Waals surface area contributed by atoms with Gasteiger partial charge in [0.1, 0.15) is 5.75 Å². The third kappa shape index (κ3) is 4.07. The highest BCUT2D eigenvalue weighted by Crippen LogP contribution is 2.21. The van der Waals surface area contributed by atoms with Crippen molar-refractivity contribution in [2.45, 2.75) is 0 Å². The number of hydrogen-bond acceptors (Lipinski definition) is 5. The van der Waals surface area contributed by atoms with Crippen LogP contribution in [0.2, 0.25) is 0 Å². The maximum atomic E-state index is 11.8. The highest BCUT2D eigenvalue weighted by atomic mass is 16.5. The Labute approximate surface area is 131 Å². The summed E-state index contributed by atoms with van der Waals surface area (Å²) in [6.45, 7) is 0. The number of benzene rings is 2. The minimum atomic E-state index is -0.927. The van der Waals surface area contributed by atoms with Gasteiger partial charge in [-0.15, -0.1) is 0 Å². The number of phenolic OH excluding ortho intramolecular Hbond substituents is 1. The van der Waals surface area contributed by atoms with Crippen LogP contribution in [-0.4, -0.2) is 30.0 Å². The number of phenols is 1. The van der Waals surface area contributed by atoms with Gasteiger partial charge < -0.3 is 20.5 Å². The molecule has 7 heteroatoms. The minimum Gasteiger partial charge on any atom is -0.506 e. The molecule has 0 saturated heterocycles. The summed E-state index contributed by atoms with van der Waals surface area (Å²) in [4.78, 5) is 34.9. The molecule has 3 N–H and O–H groups in total. The Morgan fingerprint density at radius 3 is 2.13 bits per heavy atom. The molecule has 0 unspecified atom stereocenters. The molecule has 0 bridgehead atoms. The van der Waals surface area contributed by atoms with Crippen LogP contribution in [0.1, 0.15) is 10.4 Å². The Bertz CT molecular complexity index is 740. The first-order valence-electron chi connectivity index (χ1n) is 6.60. The number of methoxy groups -OCH3 is 1. The summed E-state index contributed by atoms with van der Waals surface area (Å²) >= 11 is 0. The molecule has 0 atom stereocenters.